The monoisotopic (exact) mass is 223 g/mol. The van der Waals surface area contributed by atoms with Crippen LogP contribution in [0.4, 0.5) is 0 Å². The smallest absolute Gasteiger partial charge is 0.0161 e. The summed E-state index contributed by atoms with van der Waals surface area (Å²) in [5.74, 6) is 2.83. The second kappa shape index (κ2) is 4.01. The molecular weight excluding hydrogens is 194 g/mol. The molecule has 0 radical (unpaired) electrons. The molecule has 1 N–H and O–H groups in total. The second-order valence-electron chi connectivity index (χ2n) is 7.56. The van der Waals surface area contributed by atoms with Crippen molar-refractivity contribution in [3.05, 3.63) is 0 Å². The van der Waals surface area contributed by atoms with Gasteiger partial charge in [0.2, 0.25) is 0 Å². The van der Waals surface area contributed by atoms with E-state index in [1.54, 1.807) is 0 Å². The Morgan fingerprint density at radius 2 is 1.50 bits per heavy atom. The van der Waals surface area contributed by atoms with Crippen LogP contribution in [0.1, 0.15) is 66.7 Å². The van der Waals surface area contributed by atoms with E-state index in [1.807, 2.05) is 0 Å². The Labute approximate surface area is 101 Å². The van der Waals surface area contributed by atoms with Crippen LogP contribution >= 0.6 is 0 Å². The van der Waals surface area contributed by atoms with Gasteiger partial charge in [0.25, 0.3) is 0 Å². The molecule has 0 spiro atoms. The van der Waals surface area contributed by atoms with E-state index in [9.17, 15) is 0 Å². The predicted molar refractivity (Wildman–Crippen MR) is 70.5 cm³/mol. The SMILES string of the molecule is CC1CCC(C2CC(C)(C)NC2(C)C)CC1. The van der Waals surface area contributed by atoms with Crippen LogP contribution in [0.25, 0.3) is 0 Å². The lowest BCUT2D eigenvalue weighted by Crippen LogP contribution is -2.46. The van der Waals surface area contributed by atoms with Crippen molar-refractivity contribution < 1.29 is 0 Å². The molecule has 0 amide bonds. The van der Waals surface area contributed by atoms with Gasteiger partial charge in [-0.05, 0) is 64.7 Å². The molecule has 1 heterocycles. The average Bonchev–Trinajstić information content (AvgIpc) is 2.35. The number of hydrogen-bond donors (Lipinski definition) is 1. The summed E-state index contributed by atoms with van der Waals surface area (Å²) in [4.78, 5) is 0. The molecule has 1 nitrogen and oxygen atoms in total. The standard InChI is InChI=1S/C15H29N/c1-11-6-8-12(9-7-11)13-10-14(2,3)16-15(13,4)5/h11-13,16H,6-10H2,1-5H3. The Hall–Kier alpha value is -0.0400. The molecule has 16 heavy (non-hydrogen) atoms. The van der Waals surface area contributed by atoms with Crippen molar-refractivity contribution in [1.29, 1.82) is 0 Å². The Kier molecular flexibility index (Phi) is 3.11. The molecule has 1 saturated heterocycles. The lowest BCUT2D eigenvalue weighted by Gasteiger charge is -2.37. The zero-order chi connectivity index (χ0) is 12.0. The fourth-order valence-corrected chi connectivity index (χ4v) is 4.26. The van der Waals surface area contributed by atoms with Crippen LogP contribution in [0.3, 0.4) is 0 Å². The summed E-state index contributed by atoms with van der Waals surface area (Å²) in [6.45, 7) is 12.0. The maximum atomic E-state index is 3.83. The van der Waals surface area contributed by atoms with Gasteiger partial charge in [-0.15, -0.1) is 0 Å². The first-order valence-electron chi connectivity index (χ1n) is 7.09. The lowest BCUT2D eigenvalue weighted by molar-refractivity contribution is 0.163. The maximum Gasteiger partial charge on any atom is 0.0161 e. The maximum absolute atomic E-state index is 3.83. The quantitative estimate of drug-likeness (QED) is 0.709. The van der Waals surface area contributed by atoms with Crippen LogP contribution < -0.4 is 5.32 Å². The van der Waals surface area contributed by atoms with E-state index >= 15 is 0 Å². The molecule has 0 aromatic carbocycles. The van der Waals surface area contributed by atoms with Gasteiger partial charge in [0.15, 0.2) is 0 Å². The third kappa shape index (κ3) is 2.45. The highest BCUT2D eigenvalue weighted by atomic mass is 15.1. The second-order valence-corrected chi connectivity index (χ2v) is 7.56. The first-order valence-corrected chi connectivity index (χ1v) is 7.09. The van der Waals surface area contributed by atoms with Crippen LogP contribution in [0, 0.1) is 17.8 Å². The van der Waals surface area contributed by atoms with E-state index in [1.165, 1.54) is 32.1 Å². The molecule has 0 aromatic heterocycles. The Morgan fingerprint density at radius 3 is 1.94 bits per heavy atom. The van der Waals surface area contributed by atoms with E-state index in [2.05, 4.69) is 39.9 Å². The van der Waals surface area contributed by atoms with Gasteiger partial charge in [-0.3, -0.25) is 0 Å². The zero-order valence-electron chi connectivity index (χ0n) is 11.8. The summed E-state index contributed by atoms with van der Waals surface area (Å²) >= 11 is 0. The van der Waals surface area contributed by atoms with Gasteiger partial charge in [-0.2, -0.15) is 0 Å². The topological polar surface area (TPSA) is 12.0 Å². The lowest BCUT2D eigenvalue weighted by atomic mass is 9.69. The minimum atomic E-state index is 0.342. The van der Waals surface area contributed by atoms with Crippen LogP contribution in [0.5, 0.6) is 0 Å². The summed E-state index contributed by atoms with van der Waals surface area (Å²) in [5.41, 5.74) is 0.686. The number of rotatable bonds is 1. The third-order valence-corrected chi connectivity index (χ3v) is 4.95. The number of hydrogen-bond acceptors (Lipinski definition) is 1. The molecule has 1 atom stereocenters. The third-order valence-electron chi connectivity index (χ3n) is 4.95. The van der Waals surface area contributed by atoms with Crippen molar-refractivity contribution in [2.75, 3.05) is 0 Å². The Bertz CT molecular complexity index is 246. The summed E-state index contributed by atoms with van der Waals surface area (Å²) in [6.07, 6.45) is 7.20. The van der Waals surface area contributed by atoms with Crippen molar-refractivity contribution in [3.8, 4) is 0 Å². The molecule has 2 aliphatic rings. The van der Waals surface area contributed by atoms with E-state index in [0.717, 1.165) is 17.8 Å². The van der Waals surface area contributed by atoms with Crippen LogP contribution in [-0.2, 0) is 0 Å². The summed E-state index contributed by atoms with van der Waals surface area (Å²) < 4.78 is 0. The van der Waals surface area contributed by atoms with Crippen LogP contribution in [0.2, 0.25) is 0 Å². The average molecular weight is 223 g/mol. The normalized spacial score (nSPS) is 42.2. The highest BCUT2D eigenvalue weighted by Crippen LogP contribution is 2.45. The van der Waals surface area contributed by atoms with Gasteiger partial charge in [-0.1, -0.05) is 19.8 Å². The van der Waals surface area contributed by atoms with Crippen LogP contribution in [-0.4, -0.2) is 11.1 Å². The molecule has 1 unspecified atom stereocenters. The van der Waals surface area contributed by atoms with Gasteiger partial charge in [0.1, 0.15) is 0 Å². The van der Waals surface area contributed by atoms with Gasteiger partial charge < -0.3 is 5.32 Å². The predicted octanol–water partition coefficient (Wildman–Crippen LogP) is 3.98. The van der Waals surface area contributed by atoms with Gasteiger partial charge >= 0.3 is 0 Å². The highest BCUT2D eigenvalue weighted by molar-refractivity contribution is 5.05. The first-order chi connectivity index (χ1) is 7.30. The Balaban J connectivity index is 2.04. The van der Waals surface area contributed by atoms with E-state index < -0.39 is 0 Å². The van der Waals surface area contributed by atoms with E-state index in [-0.39, 0.29) is 0 Å². The summed E-state index contributed by atoms with van der Waals surface area (Å²) in [5, 5.41) is 3.83. The fraction of sp³-hybridized carbons (Fsp3) is 1.00. The van der Waals surface area contributed by atoms with Crippen molar-refractivity contribution in [2.45, 2.75) is 77.8 Å². The largest absolute Gasteiger partial charge is 0.307 e. The van der Waals surface area contributed by atoms with Gasteiger partial charge in [0, 0.05) is 11.1 Å². The molecule has 2 fully saturated rings. The molecule has 0 aromatic rings. The number of nitrogens with one attached hydrogen (secondary N) is 1. The molecule has 1 saturated carbocycles. The van der Waals surface area contributed by atoms with Gasteiger partial charge in [0.05, 0.1) is 0 Å². The molecule has 1 aliphatic carbocycles. The molecule has 0 bridgehead atoms. The summed E-state index contributed by atoms with van der Waals surface area (Å²) in [7, 11) is 0. The Morgan fingerprint density at radius 1 is 0.938 bits per heavy atom. The minimum absolute atomic E-state index is 0.342. The highest BCUT2D eigenvalue weighted by Gasteiger charge is 2.47. The van der Waals surface area contributed by atoms with Crippen LogP contribution in [0.15, 0.2) is 0 Å². The van der Waals surface area contributed by atoms with Gasteiger partial charge in [-0.25, -0.2) is 0 Å². The molecule has 1 heteroatoms. The first kappa shape index (κ1) is 12.4. The van der Waals surface area contributed by atoms with Crippen molar-refractivity contribution in [1.82, 2.24) is 5.32 Å². The fourth-order valence-electron chi connectivity index (χ4n) is 4.26. The molecular formula is C15H29N. The molecule has 1 aliphatic heterocycles. The van der Waals surface area contributed by atoms with Crippen molar-refractivity contribution in [3.63, 3.8) is 0 Å². The van der Waals surface area contributed by atoms with Crippen molar-refractivity contribution in [2.24, 2.45) is 17.8 Å². The molecule has 2 rings (SSSR count). The van der Waals surface area contributed by atoms with E-state index in [4.69, 9.17) is 0 Å². The van der Waals surface area contributed by atoms with Crippen molar-refractivity contribution >= 4 is 0 Å². The summed E-state index contributed by atoms with van der Waals surface area (Å²) in [6, 6.07) is 0. The van der Waals surface area contributed by atoms with E-state index in [0.29, 0.717) is 11.1 Å². The minimum Gasteiger partial charge on any atom is -0.307 e. The zero-order valence-corrected chi connectivity index (χ0v) is 11.8. The molecule has 94 valence electrons.